The largest absolute Gasteiger partial charge is 0.337 e. The van der Waals surface area contributed by atoms with Crippen molar-refractivity contribution in [1.82, 2.24) is 10.2 Å². The Kier molecular flexibility index (Phi) is 6.54. The van der Waals surface area contributed by atoms with Gasteiger partial charge in [-0.05, 0) is 12.5 Å². The average Bonchev–Trinajstić information content (AvgIpc) is 2.90. The lowest BCUT2D eigenvalue weighted by atomic mass is 10.2. The summed E-state index contributed by atoms with van der Waals surface area (Å²) in [5.74, 6) is 2.00. The maximum atomic E-state index is 12.2. The Morgan fingerprint density at radius 3 is 2.72 bits per heavy atom. The predicted molar refractivity (Wildman–Crippen MR) is 79.0 cm³/mol. The molecule has 0 bridgehead atoms. The van der Waals surface area contributed by atoms with Crippen LogP contribution in [0.15, 0.2) is 30.3 Å². The van der Waals surface area contributed by atoms with Crippen LogP contribution in [0.3, 0.4) is 0 Å². The van der Waals surface area contributed by atoms with Crippen LogP contribution >= 0.6 is 24.2 Å². The Balaban J connectivity index is 0.00000162. The van der Waals surface area contributed by atoms with Gasteiger partial charge in [-0.25, -0.2) is 0 Å². The molecule has 1 saturated heterocycles. The van der Waals surface area contributed by atoms with Crippen LogP contribution in [0.25, 0.3) is 0 Å². The number of rotatable bonds is 4. The van der Waals surface area contributed by atoms with E-state index in [1.165, 1.54) is 5.56 Å². The van der Waals surface area contributed by atoms with Crippen molar-refractivity contribution in [3.05, 3.63) is 35.9 Å². The fourth-order valence-corrected chi connectivity index (χ4v) is 2.86. The molecule has 1 amide bonds. The van der Waals surface area contributed by atoms with Gasteiger partial charge in [-0.3, -0.25) is 10.1 Å². The van der Waals surface area contributed by atoms with Crippen molar-refractivity contribution in [2.45, 2.75) is 19.5 Å². The van der Waals surface area contributed by atoms with Crippen LogP contribution in [0.1, 0.15) is 12.5 Å². The third-order valence-electron chi connectivity index (χ3n) is 2.92. The molecule has 0 aliphatic carbocycles. The van der Waals surface area contributed by atoms with Crippen molar-refractivity contribution >= 4 is 30.1 Å². The Labute approximate surface area is 119 Å². The summed E-state index contributed by atoms with van der Waals surface area (Å²) in [6.45, 7) is 3.50. The van der Waals surface area contributed by atoms with E-state index in [-0.39, 0.29) is 24.4 Å². The van der Waals surface area contributed by atoms with Crippen molar-refractivity contribution in [3.63, 3.8) is 0 Å². The maximum absolute atomic E-state index is 12.2. The summed E-state index contributed by atoms with van der Waals surface area (Å²) in [7, 11) is 0. The highest BCUT2D eigenvalue weighted by atomic mass is 35.5. The van der Waals surface area contributed by atoms with Gasteiger partial charge in [0.25, 0.3) is 0 Å². The van der Waals surface area contributed by atoms with E-state index in [2.05, 4.69) is 17.4 Å². The van der Waals surface area contributed by atoms with Gasteiger partial charge in [0.1, 0.15) is 0 Å². The second-order valence-electron chi connectivity index (χ2n) is 4.11. The molecule has 1 aliphatic heterocycles. The zero-order valence-corrected chi connectivity index (χ0v) is 12.1. The molecule has 1 unspecified atom stereocenters. The summed E-state index contributed by atoms with van der Waals surface area (Å²) < 4.78 is 0. The molecule has 2 rings (SSSR count). The smallest absolute Gasteiger partial charge is 0.240 e. The Morgan fingerprint density at radius 1 is 1.44 bits per heavy atom. The van der Waals surface area contributed by atoms with Gasteiger partial charge in [-0.1, -0.05) is 30.3 Å². The predicted octanol–water partition coefficient (Wildman–Crippen LogP) is 2.12. The molecular weight excluding hydrogens is 268 g/mol. The van der Waals surface area contributed by atoms with E-state index < -0.39 is 0 Å². The molecule has 0 aromatic heterocycles. The Bertz CT molecular complexity index is 369. The third kappa shape index (κ3) is 3.90. The number of thioether (sulfide) groups is 1. The second kappa shape index (κ2) is 7.67. The molecule has 1 fully saturated rings. The summed E-state index contributed by atoms with van der Waals surface area (Å²) in [6, 6.07) is 10.1. The number of carbonyl (C=O) groups excluding carboxylic acids is 1. The van der Waals surface area contributed by atoms with Crippen LogP contribution in [0.5, 0.6) is 0 Å². The molecule has 18 heavy (non-hydrogen) atoms. The van der Waals surface area contributed by atoms with E-state index in [1.54, 1.807) is 11.8 Å². The number of halogens is 1. The number of benzene rings is 1. The molecule has 0 radical (unpaired) electrons. The third-order valence-corrected chi connectivity index (χ3v) is 3.86. The summed E-state index contributed by atoms with van der Waals surface area (Å²) in [4.78, 5) is 14.1. The van der Waals surface area contributed by atoms with Gasteiger partial charge in [0.05, 0.1) is 6.04 Å². The van der Waals surface area contributed by atoms with Crippen LogP contribution in [0.4, 0.5) is 0 Å². The second-order valence-corrected chi connectivity index (χ2v) is 5.14. The van der Waals surface area contributed by atoms with Crippen molar-refractivity contribution in [3.8, 4) is 0 Å². The number of nitrogens with one attached hydrogen (secondary N) is 1. The molecular formula is C13H19ClN2OS. The van der Waals surface area contributed by atoms with Gasteiger partial charge in [0.15, 0.2) is 0 Å². The van der Waals surface area contributed by atoms with E-state index in [0.29, 0.717) is 6.54 Å². The highest BCUT2D eigenvalue weighted by molar-refractivity contribution is 7.99. The maximum Gasteiger partial charge on any atom is 0.240 e. The number of nitrogens with zero attached hydrogens (tertiary/aromatic N) is 1. The molecule has 1 atom stereocenters. The van der Waals surface area contributed by atoms with Gasteiger partial charge in [-0.15, -0.1) is 24.2 Å². The number of hydrogen-bond donors (Lipinski definition) is 1. The van der Waals surface area contributed by atoms with Crippen molar-refractivity contribution in [2.75, 3.05) is 18.2 Å². The van der Waals surface area contributed by atoms with Crippen LogP contribution in [0.2, 0.25) is 0 Å². The Morgan fingerprint density at radius 2 is 2.17 bits per heavy atom. The lowest BCUT2D eigenvalue weighted by Gasteiger charge is -2.24. The van der Waals surface area contributed by atoms with E-state index in [9.17, 15) is 4.79 Å². The van der Waals surface area contributed by atoms with E-state index >= 15 is 0 Å². The molecule has 0 saturated carbocycles. The minimum absolute atomic E-state index is 0. The van der Waals surface area contributed by atoms with E-state index in [0.717, 1.165) is 18.2 Å². The first-order valence-electron chi connectivity index (χ1n) is 5.95. The van der Waals surface area contributed by atoms with Crippen LogP contribution in [-0.4, -0.2) is 35.0 Å². The van der Waals surface area contributed by atoms with E-state index in [4.69, 9.17) is 0 Å². The van der Waals surface area contributed by atoms with Crippen molar-refractivity contribution < 1.29 is 4.79 Å². The van der Waals surface area contributed by atoms with Crippen LogP contribution in [-0.2, 0) is 11.3 Å². The van der Waals surface area contributed by atoms with Gasteiger partial charge < -0.3 is 4.90 Å². The van der Waals surface area contributed by atoms with Crippen molar-refractivity contribution in [2.24, 2.45) is 0 Å². The summed E-state index contributed by atoms with van der Waals surface area (Å²) in [5.41, 5.74) is 1.19. The highest BCUT2D eigenvalue weighted by Crippen LogP contribution is 2.13. The first-order valence-corrected chi connectivity index (χ1v) is 7.10. The highest BCUT2D eigenvalue weighted by Gasteiger charge is 2.26. The first-order chi connectivity index (χ1) is 8.31. The first kappa shape index (κ1) is 15.3. The normalized spacial score (nSPS) is 18.2. The summed E-state index contributed by atoms with van der Waals surface area (Å²) in [5, 5.41) is 3.23. The molecule has 1 aromatic carbocycles. The fraction of sp³-hybridized carbons (Fsp3) is 0.462. The number of hydrogen-bond acceptors (Lipinski definition) is 3. The molecule has 100 valence electrons. The van der Waals surface area contributed by atoms with Gasteiger partial charge in [0, 0.05) is 24.7 Å². The van der Waals surface area contributed by atoms with Crippen LogP contribution < -0.4 is 5.32 Å². The molecule has 1 aromatic rings. The van der Waals surface area contributed by atoms with Gasteiger partial charge in [0.2, 0.25) is 5.91 Å². The lowest BCUT2D eigenvalue weighted by molar-refractivity contribution is -0.133. The van der Waals surface area contributed by atoms with E-state index in [1.807, 2.05) is 30.0 Å². The molecule has 1 N–H and O–H groups in total. The molecule has 0 spiro atoms. The SMILES string of the molecule is CCN(Cc1ccccc1)C(=O)C1CSCN1.Cl. The van der Waals surface area contributed by atoms with Crippen molar-refractivity contribution in [1.29, 1.82) is 0 Å². The molecule has 1 aliphatic rings. The minimum atomic E-state index is 0. The summed E-state index contributed by atoms with van der Waals surface area (Å²) in [6.07, 6.45) is 0. The average molecular weight is 287 g/mol. The number of amides is 1. The monoisotopic (exact) mass is 286 g/mol. The quantitative estimate of drug-likeness (QED) is 0.920. The number of carbonyl (C=O) groups is 1. The lowest BCUT2D eigenvalue weighted by Crippen LogP contribution is -2.44. The molecule has 3 nitrogen and oxygen atoms in total. The fourth-order valence-electron chi connectivity index (χ4n) is 1.92. The zero-order valence-electron chi connectivity index (χ0n) is 10.5. The minimum Gasteiger partial charge on any atom is -0.337 e. The summed E-state index contributed by atoms with van der Waals surface area (Å²) >= 11 is 1.79. The standard InChI is InChI=1S/C13H18N2OS.ClH/c1-2-15(8-11-6-4-3-5-7-11)13(16)12-9-17-10-14-12;/h3-7,12,14H,2,8-10H2,1H3;1H. The van der Waals surface area contributed by atoms with Crippen LogP contribution in [0, 0.1) is 0 Å². The zero-order chi connectivity index (χ0) is 12.1. The Hall–Kier alpha value is -0.710. The van der Waals surface area contributed by atoms with Gasteiger partial charge in [-0.2, -0.15) is 0 Å². The topological polar surface area (TPSA) is 32.3 Å². The number of likely N-dealkylation sites (N-methyl/N-ethyl adjacent to an activating group) is 1. The van der Waals surface area contributed by atoms with Gasteiger partial charge >= 0.3 is 0 Å². The molecule has 5 heteroatoms. The molecule has 1 heterocycles.